The smallest absolute Gasteiger partial charge is 0.263 e. The number of nitrogens with zero attached hydrogens (tertiary/aromatic N) is 2. The van der Waals surface area contributed by atoms with Gasteiger partial charge in [-0.15, -0.1) is 10.2 Å². The van der Waals surface area contributed by atoms with Crippen LogP contribution in [0.5, 0.6) is 0 Å². The molecule has 29 heavy (non-hydrogen) atoms. The average molecular weight is 489 g/mol. The van der Waals surface area contributed by atoms with Crippen LogP contribution in [0.1, 0.15) is 0 Å². The van der Waals surface area contributed by atoms with Gasteiger partial charge in [0.2, 0.25) is 0 Å². The van der Waals surface area contributed by atoms with Crippen LogP contribution in [0.25, 0.3) is 0 Å². The molecule has 150 valence electrons. The number of thiocarbonyl (C=S) groups is 1. The molecule has 7 nitrogen and oxygen atoms in total. The summed E-state index contributed by atoms with van der Waals surface area (Å²) in [6.07, 6.45) is 0. The zero-order chi connectivity index (χ0) is 21.0. The summed E-state index contributed by atoms with van der Waals surface area (Å²) in [4.78, 5) is 0.0385. The molecule has 0 atom stereocenters. The van der Waals surface area contributed by atoms with Gasteiger partial charge in [-0.05, 0) is 60.7 Å². The van der Waals surface area contributed by atoms with Gasteiger partial charge in [-0.2, -0.15) is 0 Å². The minimum absolute atomic E-state index is 0.0385. The van der Waals surface area contributed by atoms with Crippen LogP contribution in [0.4, 0.5) is 17.2 Å². The van der Waals surface area contributed by atoms with Gasteiger partial charge in [0.1, 0.15) is 0 Å². The third-order valence-corrected chi connectivity index (χ3v) is 6.09. The van der Waals surface area contributed by atoms with Crippen LogP contribution >= 0.6 is 47.0 Å². The molecule has 0 saturated heterocycles. The van der Waals surface area contributed by atoms with Crippen molar-refractivity contribution in [2.24, 2.45) is 0 Å². The maximum Gasteiger partial charge on any atom is 0.263 e. The lowest BCUT2D eigenvalue weighted by atomic mass is 10.3. The number of hydrogen-bond donors (Lipinski definition) is 3. The monoisotopic (exact) mass is 487 g/mol. The van der Waals surface area contributed by atoms with E-state index in [4.69, 9.17) is 47.0 Å². The predicted molar refractivity (Wildman–Crippen MR) is 121 cm³/mol. The Hall–Kier alpha value is -2.17. The van der Waals surface area contributed by atoms with Crippen molar-refractivity contribution in [1.29, 1.82) is 0 Å². The third-order valence-electron chi connectivity index (χ3n) is 3.49. The van der Waals surface area contributed by atoms with Crippen molar-refractivity contribution in [3.63, 3.8) is 0 Å². The fourth-order valence-corrected chi connectivity index (χ4v) is 3.84. The highest BCUT2D eigenvalue weighted by Crippen LogP contribution is 2.29. The molecule has 0 aliphatic rings. The Labute approximate surface area is 187 Å². The van der Waals surface area contributed by atoms with Crippen molar-refractivity contribution >= 4 is 79.3 Å². The van der Waals surface area contributed by atoms with Gasteiger partial charge in [0, 0.05) is 5.69 Å². The molecule has 0 radical (unpaired) electrons. The summed E-state index contributed by atoms with van der Waals surface area (Å²) in [5.41, 5.74) is 1.12. The highest BCUT2D eigenvalue weighted by atomic mass is 35.5. The summed E-state index contributed by atoms with van der Waals surface area (Å²) in [6.45, 7) is 0. The zero-order valence-electron chi connectivity index (χ0n) is 14.4. The first-order chi connectivity index (χ1) is 13.7. The molecule has 3 aromatic rings. The summed E-state index contributed by atoms with van der Waals surface area (Å²) in [7, 11) is -3.83. The van der Waals surface area contributed by atoms with Gasteiger partial charge < -0.3 is 10.6 Å². The van der Waals surface area contributed by atoms with Crippen molar-refractivity contribution in [3.8, 4) is 0 Å². The van der Waals surface area contributed by atoms with Gasteiger partial charge >= 0.3 is 0 Å². The molecule has 0 bridgehead atoms. The molecule has 0 spiro atoms. The molecule has 2 aromatic carbocycles. The lowest BCUT2D eigenvalue weighted by Crippen LogP contribution is -2.19. The van der Waals surface area contributed by atoms with Gasteiger partial charge in [0.25, 0.3) is 10.0 Å². The van der Waals surface area contributed by atoms with Crippen LogP contribution in [0.3, 0.4) is 0 Å². The van der Waals surface area contributed by atoms with Crippen LogP contribution in [-0.4, -0.2) is 23.7 Å². The molecule has 1 heterocycles. The van der Waals surface area contributed by atoms with Crippen LogP contribution in [-0.2, 0) is 10.0 Å². The first-order valence-electron chi connectivity index (χ1n) is 7.89. The quantitative estimate of drug-likeness (QED) is 0.433. The van der Waals surface area contributed by atoms with Crippen molar-refractivity contribution in [1.82, 2.24) is 10.2 Å². The van der Waals surface area contributed by atoms with E-state index in [2.05, 4.69) is 25.6 Å². The van der Waals surface area contributed by atoms with E-state index in [1.807, 2.05) is 0 Å². The number of aromatic nitrogens is 2. The van der Waals surface area contributed by atoms with Gasteiger partial charge in [-0.1, -0.05) is 40.9 Å². The number of sulfonamides is 1. The minimum atomic E-state index is -3.83. The summed E-state index contributed by atoms with van der Waals surface area (Å²) < 4.78 is 27.2. The van der Waals surface area contributed by atoms with E-state index in [-0.39, 0.29) is 21.0 Å². The van der Waals surface area contributed by atoms with Crippen LogP contribution < -0.4 is 15.4 Å². The standard InChI is InChI=1S/C17H12Cl3N5O2S2/c18-12-2-1-3-13(16(12)20)22-17(28)21-10-4-6-11(7-5-10)29(26,27)25-15-9-8-14(19)23-24-15/h1-9H,(H,24,25)(H2,21,22,28). The Kier molecular flexibility index (Phi) is 6.76. The molecule has 0 fully saturated rings. The molecular formula is C17H12Cl3N5O2S2. The average Bonchev–Trinajstić information content (AvgIpc) is 2.67. The number of anilines is 3. The van der Waals surface area contributed by atoms with Crippen LogP contribution in [0.2, 0.25) is 15.2 Å². The Morgan fingerprint density at radius 1 is 0.897 bits per heavy atom. The fourth-order valence-electron chi connectivity index (χ4n) is 2.17. The summed E-state index contributed by atoms with van der Waals surface area (Å²) in [6, 6.07) is 13.9. The van der Waals surface area contributed by atoms with Gasteiger partial charge in [0.05, 0.1) is 20.6 Å². The lowest BCUT2D eigenvalue weighted by molar-refractivity contribution is 0.601. The first-order valence-corrected chi connectivity index (χ1v) is 10.9. The largest absolute Gasteiger partial charge is 0.332 e. The molecule has 3 N–H and O–H groups in total. The highest BCUT2D eigenvalue weighted by Gasteiger charge is 2.15. The second kappa shape index (κ2) is 9.10. The van der Waals surface area contributed by atoms with E-state index in [1.54, 1.807) is 30.3 Å². The first kappa shape index (κ1) is 21.5. The normalized spacial score (nSPS) is 11.0. The lowest BCUT2D eigenvalue weighted by Gasteiger charge is -2.13. The topological polar surface area (TPSA) is 96.0 Å². The third kappa shape index (κ3) is 5.68. The summed E-state index contributed by atoms with van der Waals surface area (Å²) in [5.74, 6) is 0.0559. The number of benzene rings is 2. The van der Waals surface area contributed by atoms with E-state index in [0.29, 0.717) is 21.4 Å². The molecule has 0 aliphatic heterocycles. The van der Waals surface area contributed by atoms with E-state index in [9.17, 15) is 8.42 Å². The SMILES string of the molecule is O=S(=O)(Nc1ccc(Cl)nn1)c1ccc(NC(=S)Nc2cccc(Cl)c2Cl)cc1. The van der Waals surface area contributed by atoms with E-state index in [1.165, 1.54) is 24.3 Å². The van der Waals surface area contributed by atoms with E-state index >= 15 is 0 Å². The second-order valence-corrected chi connectivity index (χ2v) is 8.81. The van der Waals surface area contributed by atoms with Crippen molar-refractivity contribution in [2.75, 3.05) is 15.4 Å². The fraction of sp³-hybridized carbons (Fsp3) is 0. The maximum absolute atomic E-state index is 12.4. The number of nitrogens with one attached hydrogen (secondary N) is 3. The van der Waals surface area contributed by atoms with Crippen LogP contribution in [0, 0.1) is 0 Å². The maximum atomic E-state index is 12.4. The minimum Gasteiger partial charge on any atom is -0.332 e. The van der Waals surface area contributed by atoms with Crippen molar-refractivity contribution < 1.29 is 8.42 Å². The Bertz CT molecular complexity index is 1140. The Morgan fingerprint density at radius 2 is 1.62 bits per heavy atom. The van der Waals surface area contributed by atoms with Crippen molar-refractivity contribution in [2.45, 2.75) is 4.90 Å². The Balaban J connectivity index is 1.67. The molecule has 0 amide bonds. The molecule has 0 unspecified atom stereocenters. The van der Waals surface area contributed by atoms with Gasteiger partial charge in [-0.3, -0.25) is 4.72 Å². The van der Waals surface area contributed by atoms with E-state index < -0.39 is 10.0 Å². The van der Waals surface area contributed by atoms with Crippen molar-refractivity contribution in [3.05, 3.63) is 69.8 Å². The molecular weight excluding hydrogens is 477 g/mol. The highest BCUT2D eigenvalue weighted by molar-refractivity contribution is 7.92. The Morgan fingerprint density at radius 3 is 2.28 bits per heavy atom. The van der Waals surface area contributed by atoms with Gasteiger partial charge in [0.15, 0.2) is 16.1 Å². The number of hydrogen-bond acceptors (Lipinski definition) is 5. The van der Waals surface area contributed by atoms with Gasteiger partial charge in [-0.25, -0.2) is 8.42 Å². The summed E-state index contributed by atoms with van der Waals surface area (Å²) in [5, 5.41) is 14.3. The molecule has 1 aromatic heterocycles. The number of rotatable bonds is 5. The number of halogens is 3. The van der Waals surface area contributed by atoms with Crippen LogP contribution in [0.15, 0.2) is 59.5 Å². The molecule has 3 rings (SSSR count). The predicted octanol–water partition coefficient (Wildman–Crippen LogP) is 5.05. The van der Waals surface area contributed by atoms with E-state index in [0.717, 1.165) is 0 Å². The second-order valence-electron chi connectivity index (χ2n) is 5.55. The summed E-state index contributed by atoms with van der Waals surface area (Å²) >= 11 is 23.0. The molecule has 12 heteroatoms. The molecule has 0 aliphatic carbocycles. The molecule has 0 saturated carbocycles. The zero-order valence-corrected chi connectivity index (χ0v) is 18.3.